The number of carbonyl (C=O) groups excluding carboxylic acids is 2. The molecule has 0 saturated carbocycles. The van der Waals surface area contributed by atoms with Crippen LogP contribution in [0.5, 0.6) is 5.75 Å². The third-order valence-corrected chi connectivity index (χ3v) is 3.80. The van der Waals surface area contributed by atoms with Crippen molar-refractivity contribution in [2.75, 3.05) is 19.0 Å². The molecule has 0 unspecified atom stereocenters. The minimum atomic E-state index is -0.530. The van der Waals surface area contributed by atoms with Crippen molar-refractivity contribution in [2.45, 2.75) is 0 Å². The number of para-hydroxylation sites is 1. The molecule has 0 atom stereocenters. The molecule has 128 valence electrons. The second kappa shape index (κ2) is 7.09. The summed E-state index contributed by atoms with van der Waals surface area (Å²) in [6, 6.07) is 14.5. The molecule has 25 heavy (non-hydrogen) atoms. The van der Waals surface area contributed by atoms with E-state index in [1.54, 1.807) is 37.6 Å². The van der Waals surface area contributed by atoms with Crippen LogP contribution in [0.2, 0.25) is 0 Å². The van der Waals surface area contributed by atoms with E-state index in [2.05, 4.69) is 5.32 Å². The summed E-state index contributed by atoms with van der Waals surface area (Å²) in [4.78, 5) is 24.3. The van der Waals surface area contributed by atoms with Gasteiger partial charge in [0.2, 0.25) is 0 Å². The number of benzene rings is 2. The highest BCUT2D eigenvalue weighted by molar-refractivity contribution is 6.05. The summed E-state index contributed by atoms with van der Waals surface area (Å²) in [6.45, 7) is -0.362. The van der Waals surface area contributed by atoms with Crippen molar-refractivity contribution in [3.05, 3.63) is 60.3 Å². The van der Waals surface area contributed by atoms with E-state index in [1.807, 2.05) is 35.9 Å². The normalized spacial score (nSPS) is 10.5. The van der Waals surface area contributed by atoms with Gasteiger partial charge in [-0.05, 0) is 18.2 Å². The molecule has 0 aliphatic heterocycles. The van der Waals surface area contributed by atoms with E-state index in [9.17, 15) is 9.59 Å². The minimum Gasteiger partial charge on any atom is -0.497 e. The van der Waals surface area contributed by atoms with Gasteiger partial charge < -0.3 is 19.4 Å². The van der Waals surface area contributed by atoms with Crippen molar-refractivity contribution >= 4 is 28.5 Å². The Bertz CT molecular complexity index is 930. The Morgan fingerprint density at radius 3 is 2.72 bits per heavy atom. The summed E-state index contributed by atoms with van der Waals surface area (Å²) >= 11 is 0. The summed E-state index contributed by atoms with van der Waals surface area (Å²) in [5.74, 6) is -0.315. The number of nitrogens with one attached hydrogen (secondary N) is 1. The number of carbonyl (C=O) groups is 2. The van der Waals surface area contributed by atoms with Crippen LogP contribution >= 0.6 is 0 Å². The third-order valence-electron chi connectivity index (χ3n) is 3.80. The highest BCUT2D eigenvalue weighted by Crippen LogP contribution is 2.21. The third kappa shape index (κ3) is 3.63. The molecule has 1 aromatic heterocycles. The van der Waals surface area contributed by atoms with Gasteiger partial charge in [0.25, 0.3) is 5.91 Å². The number of aryl methyl sites for hydroxylation is 1. The highest BCUT2D eigenvalue weighted by atomic mass is 16.5. The zero-order chi connectivity index (χ0) is 17.8. The molecule has 0 spiro atoms. The summed E-state index contributed by atoms with van der Waals surface area (Å²) < 4.78 is 12.1. The highest BCUT2D eigenvalue weighted by Gasteiger charge is 2.16. The van der Waals surface area contributed by atoms with Crippen LogP contribution in [0.4, 0.5) is 5.69 Å². The predicted molar refractivity (Wildman–Crippen MR) is 94.8 cm³/mol. The number of hydrogen-bond donors (Lipinski definition) is 1. The zero-order valence-electron chi connectivity index (χ0n) is 14.0. The summed E-state index contributed by atoms with van der Waals surface area (Å²) in [5, 5.41) is 3.46. The van der Waals surface area contributed by atoms with Crippen LogP contribution in [0.1, 0.15) is 10.4 Å². The fraction of sp³-hybridized carbons (Fsp3) is 0.158. The molecule has 3 aromatic rings. The molecule has 1 amide bonds. The van der Waals surface area contributed by atoms with Gasteiger partial charge in [-0.1, -0.05) is 24.3 Å². The van der Waals surface area contributed by atoms with Gasteiger partial charge >= 0.3 is 5.97 Å². The molecule has 0 radical (unpaired) electrons. The molecule has 1 N–H and O–H groups in total. The maximum absolute atomic E-state index is 12.3. The van der Waals surface area contributed by atoms with Gasteiger partial charge in [0, 0.05) is 35.9 Å². The lowest BCUT2D eigenvalue weighted by atomic mass is 10.2. The fourth-order valence-electron chi connectivity index (χ4n) is 2.61. The topological polar surface area (TPSA) is 69.6 Å². The van der Waals surface area contributed by atoms with Gasteiger partial charge in [-0.25, -0.2) is 4.79 Å². The first-order valence-electron chi connectivity index (χ1n) is 7.73. The van der Waals surface area contributed by atoms with Gasteiger partial charge in [-0.15, -0.1) is 0 Å². The standard InChI is InChI=1S/C19H18N2O4/c1-21-11-16(15-8-3-4-9-17(15)21)19(23)25-12-18(22)20-13-6-5-7-14(10-13)24-2/h3-11H,12H2,1-2H3,(H,20,22). The summed E-state index contributed by atoms with van der Waals surface area (Å²) in [7, 11) is 3.40. The van der Waals surface area contributed by atoms with Crippen LogP contribution in [0, 0.1) is 0 Å². The van der Waals surface area contributed by atoms with Crippen molar-refractivity contribution in [1.82, 2.24) is 4.57 Å². The Balaban J connectivity index is 1.64. The number of amides is 1. The minimum absolute atomic E-state index is 0.362. The van der Waals surface area contributed by atoms with Crippen LogP contribution in [-0.2, 0) is 16.6 Å². The smallest absolute Gasteiger partial charge is 0.340 e. The monoisotopic (exact) mass is 338 g/mol. The molecule has 0 bridgehead atoms. The largest absolute Gasteiger partial charge is 0.497 e. The van der Waals surface area contributed by atoms with E-state index in [1.165, 1.54) is 0 Å². The number of aromatic nitrogens is 1. The van der Waals surface area contributed by atoms with E-state index in [4.69, 9.17) is 9.47 Å². The van der Waals surface area contributed by atoms with E-state index in [0.29, 0.717) is 17.0 Å². The van der Waals surface area contributed by atoms with Gasteiger partial charge in [-0.3, -0.25) is 4.79 Å². The quantitative estimate of drug-likeness (QED) is 0.726. The second-order valence-electron chi connectivity index (χ2n) is 5.53. The van der Waals surface area contributed by atoms with Gasteiger partial charge in [0.1, 0.15) is 5.75 Å². The predicted octanol–water partition coefficient (Wildman–Crippen LogP) is 2.98. The first-order valence-corrected chi connectivity index (χ1v) is 7.73. The molecular weight excluding hydrogens is 320 g/mol. The molecule has 0 fully saturated rings. The van der Waals surface area contributed by atoms with Crippen molar-refractivity contribution < 1.29 is 19.1 Å². The fourth-order valence-corrected chi connectivity index (χ4v) is 2.61. The molecule has 1 heterocycles. The van der Waals surface area contributed by atoms with E-state index in [0.717, 1.165) is 10.9 Å². The number of fused-ring (bicyclic) bond motifs is 1. The Morgan fingerprint density at radius 2 is 1.92 bits per heavy atom. The number of anilines is 1. The lowest BCUT2D eigenvalue weighted by molar-refractivity contribution is -0.119. The number of ether oxygens (including phenoxy) is 2. The van der Waals surface area contributed by atoms with E-state index in [-0.39, 0.29) is 6.61 Å². The van der Waals surface area contributed by atoms with E-state index >= 15 is 0 Å². The SMILES string of the molecule is COc1cccc(NC(=O)COC(=O)c2cn(C)c3ccccc23)c1. The first kappa shape index (κ1) is 16.6. The van der Waals surface area contributed by atoms with Crippen LogP contribution in [0.25, 0.3) is 10.9 Å². The van der Waals surface area contributed by atoms with Gasteiger partial charge in [-0.2, -0.15) is 0 Å². The van der Waals surface area contributed by atoms with E-state index < -0.39 is 11.9 Å². The number of hydrogen-bond acceptors (Lipinski definition) is 4. The number of rotatable bonds is 5. The molecule has 6 heteroatoms. The van der Waals surface area contributed by atoms with Crippen molar-refractivity contribution in [3.63, 3.8) is 0 Å². The lowest BCUT2D eigenvalue weighted by Gasteiger charge is -2.07. The molecule has 3 rings (SSSR count). The number of nitrogens with zero attached hydrogens (tertiary/aromatic N) is 1. The molecule has 0 aliphatic carbocycles. The Labute approximate surface area is 145 Å². The average molecular weight is 338 g/mol. The van der Waals surface area contributed by atoms with Crippen LogP contribution < -0.4 is 10.1 Å². The molecule has 6 nitrogen and oxygen atoms in total. The Kier molecular flexibility index (Phi) is 4.70. The maximum Gasteiger partial charge on any atom is 0.340 e. The number of methoxy groups -OCH3 is 1. The maximum atomic E-state index is 12.3. The second-order valence-corrected chi connectivity index (χ2v) is 5.53. The lowest BCUT2D eigenvalue weighted by Crippen LogP contribution is -2.20. The van der Waals surface area contributed by atoms with Gasteiger partial charge in [0.15, 0.2) is 6.61 Å². The van der Waals surface area contributed by atoms with Crippen LogP contribution in [0.3, 0.4) is 0 Å². The first-order chi connectivity index (χ1) is 12.1. The van der Waals surface area contributed by atoms with Gasteiger partial charge in [0.05, 0.1) is 12.7 Å². The van der Waals surface area contributed by atoms with Crippen molar-refractivity contribution in [3.8, 4) is 5.75 Å². The molecule has 0 saturated heterocycles. The van der Waals surface area contributed by atoms with Crippen LogP contribution in [0.15, 0.2) is 54.7 Å². The van der Waals surface area contributed by atoms with Crippen LogP contribution in [-0.4, -0.2) is 30.2 Å². The zero-order valence-corrected chi connectivity index (χ0v) is 14.0. The Morgan fingerprint density at radius 1 is 1.12 bits per heavy atom. The summed E-state index contributed by atoms with van der Waals surface area (Å²) in [5.41, 5.74) is 1.94. The van der Waals surface area contributed by atoms with Crippen molar-refractivity contribution in [1.29, 1.82) is 0 Å². The average Bonchev–Trinajstić information content (AvgIpc) is 2.97. The Hall–Kier alpha value is -3.28. The molecule has 2 aromatic carbocycles. The summed E-state index contributed by atoms with van der Waals surface area (Å²) in [6.07, 6.45) is 1.70. The number of esters is 1. The molecule has 0 aliphatic rings. The molecular formula is C19H18N2O4. The van der Waals surface area contributed by atoms with Crippen molar-refractivity contribution in [2.24, 2.45) is 7.05 Å².